The number of fused-ring (bicyclic) bond motifs is 2. The van der Waals surface area contributed by atoms with Gasteiger partial charge in [0.15, 0.2) is 5.88 Å². The highest BCUT2D eigenvalue weighted by atomic mass is 35.5. The number of carbonyl (C=O) groups is 1. The molecular weight excluding hydrogens is 440 g/mol. The fraction of sp³-hybridized carbons (Fsp3) is 0.346. The minimum atomic E-state index is -0.493. The lowest BCUT2D eigenvalue weighted by Crippen LogP contribution is -2.33. The summed E-state index contributed by atoms with van der Waals surface area (Å²) in [5.74, 6) is 0.0223. The van der Waals surface area contributed by atoms with E-state index < -0.39 is 5.97 Å². The Balaban J connectivity index is 1.31. The average molecular weight is 467 g/mol. The number of hydrogen-bond donors (Lipinski definition) is 2. The fourth-order valence-electron chi connectivity index (χ4n) is 5.45. The number of piperidine rings is 1. The molecule has 3 atom stereocenters. The SMILES string of the molecule is Cc1cc(O)n(-c2cc(Cl)ccc2C(=O)OCC2C3CCC2N(Cc2ccccc2)C3)c1O. The number of aromatic nitrogens is 1. The van der Waals surface area contributed by atoms with E-state index in [1.54, 1.807) is 19.1 Å². The van der Waals surface area contributed by atoms with Crippen molar-refractivity contribution in [1.29, 1.82) is 0 Å². The average Bonchev–Trinajstić information content (AvgIpc) is 3.42. The van der Waals surface area contributed by atoms with Crippen molar-refractivity contribution in [1.82, 2.24) is 9.47 Å². The molecule has 3 aromatic rings. The molecule has 1 aliphatic heterocycles. The molecule has 2 aromatic carbocycles. The van der Waals surface area contributed by atoms with Crippen LogP contribution in [0.15, 0.2) is 54.6 Å². The van der Waals surface area contributed by atoms with Gasteiger partial charge >= 0.3 is 5.97 Å². The van der Waals surface area contributed by atoms with E-state index in [0.29, 0.717) is 35.1 Å². The third-order valence-electron chi connectivity index (χ3n) is 7.07. The molecular formula is C26H27ClN2O4. The Morgan fingerprint density at radius 3 is 2.64 bits per heavy atom. The monoisotopic (exact) mass is 466 g/mol. The minimum absolute atomic E-state index is 0.144. The van der Waals surface area contributed by atoms with Crippen molar-refractivity contribution in [2.75, 3.05) is 13.2 Å². The normalized spacial score (nSPS) is 22.1. The van der Waals surface area contributed by atoms with E-state index in [1.165, 1.54) is 22.3 Å². The van der Waals surface area contributed by atoms with Crippen LogP contribution in [0.3, 0.4) is 0 Å². The lowest BCUT2D eigenvalue weighted by molar-refractivity contribution is 0.0408. The number of esters is 1. The van der Waals surface area contributed by atoms with Gasteiger partial charge in [-0.1, -0.05) is 41.9 Å². The zero-order chi connectivity index (χ0) is 23.1. The molecule has 33 heavy (non-hydrogen) atoms. The molecule has 172 valence electrons. The molecule has 1 saturated heterocycles. The zero-order valence-electron chi connectivity index (χ0n) is 18.4. The number of hydrogen-bond acceptors (Lipinski definition) is 5. The fourth-order valence-corrected chi connectivity index (χ4v) is 5.61. The maximum Gasteiger partial charge on any atom is 0.340 e. The van der Waals surface area contributed by atoms with Crippen LogP contribution >= 0.6 is 11.6 Å². The van der Waals surface area contributed by atoms with Crippen LogP contribution < -0.4 is 0 Å². The number of ether oxygens (including phenoxy) is 1. The predicted molar refractivity (Wildman–Crippen MR) is 126 cm³/mol. The van der Waals surface area contributed by atoms with Crippen LogP contribution in [-0.2, 0) is 11.3 Å². The molecule has 3 unspecified atom stereocenters. The summed E-state index contributed by atoms with van der Waals surface area (Å²) in [5, 5.41) is 21.1. The van der Waals surface area contributed by atoms with Crippen LogP contribution in [0.1, 0.15) is 34.3 Å². The standard InChI is InChI=1S/C26H27ClN2O4/c1-16-11-24(30)29(25(16)31)23-12-19(27)8-9-20(23)26(32)33-15-21-18-7-10-22(21)28(14-18)13-17-5-3-2-4-6-17/h2-6,8-9,11-12,18,21-22,30-31H,7,10,13-15H2,1H3. The van der Waals surface area contributed by atoms with Gasteiger partial charge in [0, 0.05) is 41.7 Å². The number of carbonyl (C=O) groups excluding carboxylic acids is 1. The number of rotatable bonds is 6. The molecule has 5 rings (SSSR count). The van der Waals surface area contributed by atoms with Gasteiger partial charge in [-0.05, 0) is 49.4 Å². The van der Waals surface area contributed by atoms with E-state index in [2.05, 4.69) is 29.2 Å². The van der Waals surface area contributed by atoms with Crippen molar-refractivity contribution < 1.29 is 19.7 Å². The number of benzene rings is 2. The molecule has 0 radical (unpaired) electrons. The third-order valence-corrected chi connectivity index (χ3v) is 7.30. The first kappa shape index (κ1) is 21.9. The van der Waals surface area contributed by atoms with E-state index in [0.717, 1.165) is 25.9 Å². The van der Waals surface area contributed by atoms with Crippen LogP contribution in [0.25, 0.3) is 5.69 Å². The second-order valence-corrected chi connectivity index (χ2v) is 9.52. The van der Waals surface area contributed by atoms with Gasteiger partial charge in [-0.2, -0.15) is 0 Å². The summed E-state index contributed by atoms with van der Waals surface area (Å²) in [4.78, 5) is 15.6. The lowest BCUT2D eigenvalue weighted by Gasteiger charge is -2.27. The molecule has 1 saturated carbocycles. The Bertz CT molecular complexity index is 1180. The highest BCUT2D eigenvalue weighted by molar-refractivity contribution is 6.31. The molecule has 0 spiro atoms. The Morgan fingerprint density at radius 1 is 1.12 bits per heavy atom. The predicted octanol–water partition coefficient (Wildman–Crippen LogP) is 4.92. The summed E-state index contributed by atoms with van der Waals surface area (Å²) in [6.07, 6.45) is 2.28. The van der Waals surface area contributed by atoms with Crippen molar-refractivity contribution >= 4 is 17.6 Å². The van der Waals surface area contributed by atoms with E-state index >= 15 is 0 Å². The van der Waals surface area contributed by atoms with Crippen LogP contribution in [0.4, 0.5) is 0 Å². The molecule has 2 N–H and O–H groups in total. The first-order valence-electron chi connectivity index (χ1n) is 11.3. The molecule has 2 fully saturated rings. The number of halogens is 1. The van der Waals surface area contributed by atoms with Crippen LogP contribution in [0, 0.1) is 18.8 Å². The summed E-state index contributed by atoms with van der Waals surface area (Å²) in [7, 11) is 0. The second-order valence-electron chi connectivity index (χ2n) is 9.09. The van der Waals surface area contributed by atoms with Gasteiger partial charge in [-0.25, -0.2) is 4.79 Å². The zero-order valence-corrected chi connectivity index (χ0v) is 19.2. The van der Waals surface area contributed by atoms with E-state index in [4.69, 9.17) is 16.3 Å². The number of aromatic hydroxyl groups is 2. The molecule has 0 amide bonds. The minimum Gasteiger partial charge on any atom is -0.494 e. The molecule has 1 aromatic heterocycles. The van der Waals surface area contributed by atoms with Gasteiger partial charge < -0.3 is 14.9 Å². The summed E-state index contributed by atoms with van der Waals surface area (Å²) < 4.78 is 7.00. The molecule has 1 aliphatic carbocycles. The van der Waals surface area contributed by atoms with Gasteiger partial charge in [0.05, 0.1) is 17.9 Å². The highest BCUT2D eigenvalue weighted by Gasteiger charge is 2.47. The highest BCUT2D eigenvalue weighted by Crippen LogP contribution is 2.43. The molecule has 7 heteroatoms. The third kappa shape index (κ3) is 4.09. The summed E-state index contributed by atoms with van der Waals surface area (Å²) in [6, 6.07) is 17.0. The Labute approximate surface area is 198 Å². The largest absolute Gasteiger partial charge is 0.494 e. The van der Waals surface area contributed by atoms with Crippen LogP contribution in [-0.4, -0.2) is 44.8 Å². The van der Waals surface area contributed by atoms with E-state index in [9.17, 15) is 15.0 Å². The number of nitrogens with zero attached hydrogens (tertiary/aromatic N) is 2. The second kappa shape index (κ2) is 8.76. The molecule has 6 nitrogen and oxygen atoms in total. The van der Waals surface area contributed by atoms with Crippen LogP contribution in [0.5, 0.6) is 11.8 Å². The van der Waals surface area contributed by atoms with Crippen molar-refractivity contribution in [3.05, 3.63) is 76.3 Å². The van der Waals surface area contributed by atoms with Gasteiger partial charge in [0.1, 0.15) is 0 Å². The van der Waals surface area contributed by atoms with E-state index in [-0.39, 0.29) is 23.0 Å². The molecule has 2 heterocycles. The lowest BCUT2D eigenvalue weighted by atomic mass is 9.99. The Kier molecular flexibility index (Phi) is 5.81. The van der Waals surface area contributed by atoms with Crippen molar-refractivity contribution in [3.8, 4) is 17.4 Å². The summed E-state index contributed by atoms with van der Waals surface area (Å²) in [5.41, 5.74) is 2.32. The van der Waals surface area contributed by atoms with Crippen molar-refractivity contribution in [3.63, 3.8) is 0 Å². The maximum absolute atomic E-state index is 13.1. The van der Waals surface area contributed by atoms with Gasteiger partial charge in [-0.3, -0.25) is 9.47 Å². The van der Waals surface area contributed by atoms with Gasteiger partial charge in [0.25, 0.3) is 0 Å². The van der Waals surface area contributed by atoms with Crippen molar-refractivity contribution in [2.24, 2.45) is 11.8 Å². The van der Waals surface area contributed by atoms with E-state index in [1.807, 2.05) is 6.07 Å². The number of likely N-dealkylation sites (tertiary alicyclic amines) is 1. The first-order valence-corrected chi connectivity index (χ1v) is 11.7. The number of aryl methyl sites for hydroxylation is 1. The van der Waals surface area contributed by atoms with Crippen molar-refractivity contribution in [2.45, 2.75) is 32.4 Å². The summed E-state index contributed by atoms with van der Waals surface area (Å²) >= 11 is 6.16. The van der Waals surface area contributed by atoms with Gasteiger partial charge in [-0.15, -0.1) is 0 Å². The summed E-state index contributed by atoms with van der Waals surface area (Å²) in [6.45, 7) is 3.97. The van der Waals surface area contributed by atoms with Gasteiger partial charge in [0.2, 0.25) is 5.88 Å². The smallest absolute Gasteiger partial charge is 0.340 e. The Hall–Kier alpha value is -2.96. The molecule has 2 bridgehead atoms. The van der Waals surface area contributed by atoms with Crippen LogP contribution in [0.2, 0.25) is 5.02 Å². The maximum atomic E-state index is 13.1. The topological polar surface area (TPSA) is 74.9 Å². The first-order chi connectivity index (χ1) is 15.9. The Morgan fingerprint density at radius 2 is 1.91 bits per heavy atom. The quantitative estimate of drug-likeness (QED) is 0.504. The molecule has 2 aliphatic rings.